The Hall–Kier alpha value is -4.04. The van der Waals surface area contributed by atoms with Crippen LogP contribution in [-0.4, -0.2) is 57.7 Å². The van der Waals surface area contributed by atoms with E-state index in [-0.39, 0.29) is 11.7 Å². The van der Waals surface area contributed by atoms with Crippen molar-refractivity contribution in [2.45, 2.75) is 25.7 Å². The number of hydrogen-bond acceptors (Lipinski definition) is 6. The van der Waals surface area contributed by atoms with Crippen LogP contribution in [0, 0.1) is 0 Å². The lowest BCUT2D eigenvalue weighted by Crippen LogP contribution is -2.26. The number of carbonyl (C=O) groups is 2. The highest BCUT2D eigenvalue weighted by Crippen LogP contribution is 2.28. The molecule has 2 aromatic carbocycles. The van der Waals surface area contributed by atoms with E-state index in [4.69, 9.17) is 0 Å². The third kappa shape index (κ3) is 5.44. The molecule has 1 aliphatic heterocycles. The number of rotatable bonds is 10. The molecule has 0 bridgehead atoms. The average Bonchev–Trinajstić information content (AvgIpc) is 3.59. The molecule has 1 aliphatic rings. The van der Waals surface area contributed by atoms with Crippen molar-refractivity contribution in [2.24, 2.45) is 0 Å². The fraction of sp³-hybridized carbons (Fsp3) is 0.286. The van der Waals surface area contributed by atoms with Gasteiger partial charge in [-0.15, -0.1) is 0 Å². The molecule has 1 fully saturated rings. The fourth-order valence-corrected chi connectivity index (χ4v) is 4.63. The minimum atomic E-state index is -0.113. The van der Waals surface area contributed by atoms with Crippen LogP contribution in [0.15, 0.2) is 67.1 Å². The van der Waals surface area contributed by atoms with Gasteiger partial charge in [-0.05, 0) is 63.5 Å². The molecule has 0 aliphatic carbocycles. The number of H-pyrrole nitrogens is 1. The number of carbonyl (C=O) groups excluding carboxylic acids is 2. The number of likely N-dealkylation sites (tertiary alicyclic amines) is 1. The Morgan fingerprint density at radius 1 is 0.944 bits per heavy atom. The zero-order valence-corrected chi connectivity index (χ0v) is 20.2. The first-order valence-corrected chi connectivity index (χ1v) is 12.5. The molecule has 8 heteroatoms. The summed E-state index contributed by atoms with van der Waals surface area (Å²) in [6.07, 6.45) is 7.76. The van der Waals surface area contributed by atoms with Crippen LogP contribution in [0.4, 0.5) is 11.5 Å². The predicted octanol–water partition coefficient (Wildman–Crippen LogP) is 4.54. The first-order valence-electron chi connectivity index (χ1n) is 12.5. The Kier molecular flexibility index (Phi) is 7.33. The Bertz CT molecular complexity index is 1340. The molecule has 36 heavy (non-hydrogen) atoms. The zero-order valence-electron chi connectivity index (χ0n) is 20.2. The highest BCUT2D eigenvalue weighted by atomic mass is 16.1. The van der Waals surface area contributed by atoms with Gasteiger partial charge < -0.3 is 20.5 Å². The maximum atomic E-state index is 13.1. The monoisotopic (exact) mass is 482 g/mol. The maximum Gasteiger partial charge on any atom is 0.251 e. The number of aromatic amines is 1. The van der Waals surface area contributed by atoms with Gasteiger partial charge in [-0.3, -0.25) is 9.59 Å². The van der Waals surface area contributed by atoms with Crippen LogP contribution in [0.3, 0.4) is 0 Å². The zero-order chi connectivity index (χ0) is 24.7. The number of fused-ring (bicyclic) bond motifs is 1. The largest absolute Gasteiger partial charge is 0.352 e. The van der Waals surface area contributed by atoms with Crippen molar-refractivity contribution in [3.8, 4) is 0 Å². The second kappa shape index (κ2) is 11.1. The molecular formula is C28H30N6O2. The molecule has 4 aromatic rings. The van der Waals surface area contributed by atoms with Crippen LogP contribution in [0.1, 0.15) is 52.0 Å². The van der Waals surface area contributed by atoms with Crippen molar-refractivity contribution >= 4 is 34.2 Å². The number of benzene rings is 2. The summed E-state index contributed by atoms with van der Waals surface area (Å²) in [5.41, 5.74) is 2.92. The lowest BCUT2D eigenvalue weighted by molar-refractivity contribution is 0.0952. The summed E-state index contributed by atoms with van der Waals surface area (Å²) in [4.78, 5) is 40.1. The average molecular weight is 483 g/mol. The summed E-state index contributed by atoms with van der Waals surface area (Å²) in [5.74, 6) is 0.284. The van der Waals surface area contributed by atoms with Gasteiger partial charge in [0.15, 0.2) is 5.78 Å². The summed E-state index contributed by atoms with van der Waals surface area (Å²) in [5, 5.41) is 6.91. The minimum absolute atomic E-state index is 0.103. The molecule has 2 aromatic heterocycles. The Balaban J connectivity index is 1.26. The van der Waals surface area contributed by atoms with E-state index in [2.05, 4.69) is 30.5 Å². The third-order valence-corrected chi connectivity index (χ3v) is 6.52. The van der Waals surface area contributed by atoms with E-state index in [1.165, 1.54) is 32.3 Å². The predicted molar refractivity (Wildman–Crippen MR) is 141 cm³/mol. The van der Waals surface area contributed by atoms with Crippen LogP contribution >= 0.6 is 0 Å². The van der Waals surface area contributed by atoms with Crippen molar-refractivity contribution in [1.29, 1.82) is 0 Å². The lowest BCUT2D eigenvalue weighted by atomic mass is 10.0. The molecule has 0 atom stereocenters. The first kappa shape index (κ1) is 23.7. The van der Waals surface area contributed by atoms with Crippen LogP contribution in [0.5, 0.6) is 0 Å². The molecule has 1 saturated heterocycles. The number of nitrogens with one attached hydrogen (secondary N) is 3. The molecule has 3 N–H and O–H groups in total. The number of unbranched alkanes of at least 4 members (excludes halogenated alkanes) is 1. The van der Waals surface area contributed by atoms with Gasteiger partial charge in [0.1, 0.15) is 17.8 Å². The van der Waals surface area contributed by atoms with E-state index in [9.17, 15) is 9.59 Å². The molecule has 0 radical (unpaired) electrons. The number of amides is 1. The highest BCUT2D eigenvalue weighted by molar-refractivity contribution is 6.18. The van der Waals surface area contributed by atoms with E-state index in [1.54, 1.807) is 30.5 Å². The molecule has 0 saturated carbocycles. The standard InChI is InChI=1S/C28H30N6O2/c35-25(20-9-2-1-3-10-20)23-18-30-26-24(23)27(32-19-31-26)33-22-12-8-11-21(17-22)28(36)29-13-4-5-14-34-15-6-7-16-34/h1-3,8-12,17-19H,4-7,13-16H2,(H,29,36)(H2,30,31,32,33). The summed E-state index contributed by atoms with van der Waals surface area (Å²) in [7, 11) is 0. The Morgan fingerprint density at radius 2 is 1.75 bits per heavy atom. The second-order valence-corrected chi connectivity index (χ2v) is 9.06. The van der Waals surface area contributed by atoms with E-state index in [0.29, 0.717) is 45.8 Å². The molecule has 0 unspecified atom stereocenters. The van der Waals surface area contributed by atoms with Crippen molar-refractivity contribution in [3.05, 3.63) is 83.8 Å². The quantitative estimate of drug-likeness (QED) is 0.227. The van der Waals surface area contributed by atoms with E-state index >= 15 is 0 Å². The maximum absolute atomic E-state index is 13.1. The smallest absolute Gasteiger partial charge is 0.251 e. The number of nitrogens with zero attached hydrogens (tertiary/aromatic N) is 3. The highest BCUT2D eigenvalue weighted by Gasteiger charge is 2.19. The van der Waals surface area contributed by atoms with Crippen LogP contribution < -0.4 is 10.6 Å². The van der Waals surface area contributed by atoms with Gasteiger partial charge in [0.25, 0.3) is 5.91 Å². The van der Waals surface area contributed by atoms with Gasteiger partial charge in [0.2, 0.25) is 0 Å². The number of anilines is 2. The molecular weight excluding hydrogens is 452 g/mol. The second-order valence-electron chi connectivity index (χ2n) is 9.06. The lowest BCUT2D eigenvalue weighted by Gasteiger charge is -2.14. The van der Waals surface area contributed by atoms with Gasteiger partial charge >= 0.3 is 0 Å². The first-order chi connectivity index (χ1) is 17.7. The molecule has 184 valence electrons. The van der Waals surface area contributed by atoms with E-state index in [0.717, 1.165) is 19.4 Å². The number of hydrogen-bond donors (Lipinski definition) is 3. The van der Waals surface area contributed by atoms with Crippen LogP contribution in [0.25, 0.3) is 11.0 Å². The SMILES string of the molecule is O=C(NCCCCN1CCCC1)c1cccc(Nc2ncnc3[nH]cc(C(=O)c4ccccc4)c23)c1. The van der Waals surface area contributed by atoms with Gasteiger partial charge in [-0.2, -0.15) is 0 Å². The van der Waals surface area contributed by atoms with Crippen LogP contribution in [-0.2, 0) is 0 Å². The summed E-state index contributed by atoms with van der Waals surface area (Å²) in [6.45, 7) is 4.17. The Labute approximate surface area is 210 Å². The van der Waals surface area contributed by atoms with Crippen molar-refractivity contribution in [1.82, 2.24) is 25.2 Å². The van der Waals surface area contributed by atoms with Crippen molar-refractivity contribution in [2.75, 3.05) is 31.5 Å². The molecule has 1 amide bonds. The van der Waals surface area contributed by atoms with Crippen molar-refractivity contribution < 1.29 is 9.59 Å². The van der Waals surface area contributed by atoms with Gasteiger partial charge in [0.05, 0.1) is 10.9 Å². The number of ketones is 1. The Morgan fingerprint density at radius 3 is 2.58 bits per heavy atom. The molecule has 8 nitrogen and oxygen atoms in total. The van der Waals surface area contributed by atoms with Gasteiger partial charge in [-0.25, -0.2) is 9.97 Å². The fourth-order valence-electron chi connectivity index (χ4n) is 4.63. The van der Waals surface area contributed by atoms with Gasteiger partial charge in [0, 0.05) is 29.6 Å². The van der Waals surface area contributed by atoms with E-state index in [1.807, 2.05) is 30.3 Å². The normalized spacial score (nSPS) is 13.7. The third-order valence-electron chi connectivity index (χ3n) is 6.52. The van der Waals surface area contributed by atoms with Gasteiger partial charge in [-0.1, -0.05) is 36.4 Å². The van der Waals surface area contributed by atoms with E-state index < -0.39 is 0 Å². The summed E-state index contributed by atoms with van der Waals surface area (Å²) in [6, 6.07) is 16.4. The topological polar surface area (TPSA) is 103 Å². The molecule has 0 spiro atoms. The number of aromatic nitrogens is 3. The minimum Gasteiger partial charge on any atom is -0.352 e. The van der Waals surface area contributed by atoms with Crippen LogP contribution in [0.2, 0.25) is 0 Å². The molecule has 5 rings (SSSR count). The van der Waals surface area contributed by atoms with Crippen molar-refractivity contribution in [3.63, 3.8) is 0 Å². The molecule has 3 heterocycles. The summed E-state index contributed by atoms with van der Waals surface area (Å²) < 4.78 is 0. The summed E-state index contributed by atoms with van der Waals surface area (Å²) >= 11 is 0.